The van der Waals surface area contributed by atoms with Crippen molar-refractivity contribution in [2.24, 2.45) is 0 Å². The summed E-state index contributed by atoms with van der Waals surface area (Å²) in [6.45, 7) is 1.14. The van der Waals surface area contributed by atoms with E-state index >= 15 is 0 Å². The molecule has 0 bridgehead atoms. The standard InChI is InChI=1S/C9H11NO5S/c1-7(10(11)12)9(16(13,14)15)8-5-3-2-4-6-8/h2-7,9H,1H3,(H,13,14,15)/t7-,9-/m1/s1. The Morgan fingerprint density at radius 1 is 1.31 bits per heavy atom. The lowest BCUT2D eigenvalue weighted by molar-refractivity contribution is -0.518. The number of nitro groups is 1. The van der Waals surface area contributed by atoms with Gasteiger partial charge in [-0.2, -0.15) is 8.42 Å². The molecular formula is C9H11NO5S. The second-order valence-corrected chi connectivity index (χ2v) is 4.91. The van der Waals surface area contributed by atoms with Crippen LogP contribution in [0.1, 0.15) is 17.7 Å². The van der Waals surface area contributed by atoms with E-state index in [2.05, 4.69) is 0 Å². The maximum atomic E-state index is 11.1. The first-order valence-electron chi connectivity index (χ1n) is 4.48. The molecule has 0 heterocycles. The lowest BCUT2D eigenvalue weighted by atomic mass is 10.1. The van der Waals surface area contributed by atoms with Crippen molar-refractivity contribution >= 4 is 10.1 Å². The third kappa shape index (κ3) is 2.77. The van der Waals surface area contributed by atoms with Crippen molar-refractivity contribution < 1.29 is 17.9 Å². The maximum absolute atomic E-state index is 11.1. The highest BCUT2D eigenvalue weighted by atomic mass is 32.2. The topological polar surface area (TPSA) is 97.5 Å². The second kappa shape index (κ2) is 4.58. The predicted octanol–water partition coefficient (Wildman–Crippen LogP) is 1.28. The number of benzene rings is 1. The summed E-state index contributed by atoms with van der Waals surface area (Å²) in [7, 11) is -4.50. The summed E-state index contributed by atoms with van der Waals surface area (Å²) < 4.78 is 31.3. The first kappa shape index (κ1) is 12.6. The van der Waals surface area contributed by atoms with Crippen molar-refractivity contribution in [3.05, 3.63) is 46.0 Å². The van der Waals surface area contributed by atoms with E-state index in [-0.39, 0.29) is 5.56 Å². The molecule has 16 heavy (non-hydrogen) atoms. The molecule has 0 aliphatic heterocycles. The fourth-order valence-electron chi connectivity index (χ4n) is 1.45. The molecule has 0 amide bonds. The molecule has 7 heteroatoms. The second-order valence-electron chi connectivity index (χ2n) is 3.37. The van der Waals surface area contributed by atoms with Gasteiger partial charge in [0.15, 0.2) is 5.25 Å². The zero-order valence-corrected chi connectivity index (χ0v) is 9.29. The van der Waals surface area contributed by atoms with E-state index in [1.165, 1.54) is 12.1 Å². The molecule has 0 radical (unpaired) electrons. The van der Waals surface area contributed by atoms with Crippen LogP contribution in [0, 0.1) is 10.1 Å². The average Bonchev–Trinajstić information content (AvgIpc) is 2.17. The summed E-state index contributed by atoms with van der Waals surface area (Å²) in [4.78, 5) is 9.86. The van der Waals surface area contributed by atoms with Gasteiger partial charge in [-0.05, 0) is 5.56 Å². The number of hydrogen-bond acceptors (Lipinski definition) is 4. The SMILES string of the molecule is C[C@H]([C@H](c1ccccc1)S(=O)(=O)O)[N+](=O)[O-]. The Kier molecular flexibility index (Phi) is 3.61. The molecule has 0 fully saturated rings. The fraction of sp³-hybridized carbons (Fsp3) is 0.333. The van der Waals surface area contributed by atoms with E-state index < -0.39 is 26.3 Å². The molecule has 2 atom stereocenters. The van der Waals surface area contributed by atoms with Crippen LogP contribution in [0.25, 0.3) is 0 Å². The van der Waals surface area contributed by atoms with E-state index in [1.54, 1.807) is 18.2 Å². The van der Waals surface area contributed by atoms with Crippen molar-refractivity contribution in [2.45, 2.75) is 18.2 Å². The van der Waals surface area contributed by atoms with Gasteiger partial charge in [0, 0.05) is 11.8 Å². The van der Waals surface area contributed by atoms with Gasteiger partial charge in [-0.25, -0.2) is 0 Å². The summed E-state index contributed by atoms with van der Waals surface area (Å²) in [5.41, 5.74) is 0.203. The number of rotatable bonds is 4. The van der Waals surface area contributed by atoms with Gasteiger partial charge >= 0.3 is 0 Å². The molecule has 0 aromatic heterocycles. The van der Waals surface area contributed by atoms with Gasteiger partial charge in [-0.3, -0.25) is 14.7 Å². The number of hydrogen-bond donors (Lipinski definition) is 1. The molecule has 0 aliphatic rings. The van der Waals surface area contributed by atoms with Crippen molar-refractivity contribution in [1.29, 1.82) is 0 Å². The average molecular weight is 245 g/mol. The Bertz CT molecular complexity index is 470. The van der Waals surface area contributed by atoms with Crippen molar-refractivity contribution in [3.63, 3.8) is 0 Å². The van der Waals surface area contributed by atoms with Gasteiger partial charge in [-0.1, -0.05) is 30.3 Å². The summed E-state index contributed by atoms with van der Waals surface area (Å²) >= 11 is 0. The first-order valence-corrected chi connectivity index (χ1v) is 5.99. The van der Waals surface area contributed by atoms with Crippen LogP contribution in [0.2, 0.25) is 0 Å². The third-order valence-corrected chi connectivity index (χ3v) is 3.53. The Morgan fingerprint density at radius 3 is 2.19 bits per heavy atom. The van der Waals surface area contributed by atoms with Crippen LogP contribution in [0.5, 0.6) is 0 Å². The Morgan fingerprint density at radius 2 is 1.81 bits per heavy atom. The van der Waals surface area contributed by atoms with Crippen molar-refractivity contribution in [3.8, 4) is 0 Å². The molecule has 1 N–H and O–H groups in total. The number of nitrogens with zero attached hydrogens (tertiary/aromatic N) is 1. The Balaban J connectivity index is 3.23. The van der Waals surface area contributed by atoms with Gasteiger partial charge in [-0.15, -0.1) is 0 Å². The van der Waals surface area contributed by atoms with Gasteiger partial charge in [0.25, 0.3) is 10.1 Å². The van der Waals surface area contributed by atoms with Crippen molar-refractivity contribution in [1.82, 2.24) is 0 Å². The molecule has 1 rings (SSSR count). The highest BCUT2D eigenvalue weighted by Gasteiger charge is 2.38. The molecule has 1 aromatic carbocycles. The van der Waals surface area contributed by atoms with E-state index in [0.717, 1.165) is 6.92 Å². The van der Waals surface area contributed by atoms with Crippen LogP contribution in [0.4, 0.5) is 0 Å². The fourth-order valence-corrected chi connectivity index (χ4v) is 2.55. The summed E-state index contributed by atoms with van der Waals surface area (Å²) in [6, 6.07) is 6.22. The molecule has 0 unspecified atom stereocenters. The quantitative estimate of drug-likeness (QED) is 0.489. The first-order chi connectivity index (χ1) is 7.34. The molecule has 1 aromatic rings. The van der Waals surface area contributed by atoms with Crippen LogP contribution < -0.4 is 0 Å². The van der Waals surface area contributed by atoms with E-state index in [0.29, 0.717) is 0 Å². The maximum Gasteiger partial charge on any atom is 0.278 e. The lowest BCUT2D eigenvalue weighted by Crippen LogP contribution is -2.30. The van der Waals surface area contributed by atoms with Crippen LogP contribution in [-0.4, -0.2) is 23.9 Å². The minimum Gasteiger partial charge on any atom is -0.285 e. The Hall–Kier alpha value is -1.47. The zero-order valence-electron chi connectivity index (χ0n) is 8.48. The van der Waals surface area contributed by atoms with Gasteiger partial charge < -0.3 is 0 Å². The summed E-state index contributed by atoms with van der Waals surface area (Å²) in [6.07, 6.45) is 0. The van der Waals surface area contributed by atoms with E-state index in [9.17, 15) is 18.5 Å². The lowest BCUT2D eigenvalue weighted by Gasteiger charge is -2.15. The molecule has 6 nitrogen and oxygen atoms in total. The van der Waals surface area contributed by atoms with Crippen LogP contribution >= 0.6 is 0 Å². The van der Waals surface area contributed by atoms with Crippen LogP contribution in [0.15, 0.2) is 30.3 Å². The summed E-state index contributed by atoms with van der Waals surface area (Å²) in [5, 5.41) is 9.05. The molecule has 0 spiro atoms. The summed E-state index contributed by atoms with van der Waals surface area (Å²) in [5.74, 6) is 0. The minimum atomic E-state index is -4.50. The Labute approximate surface area is 92.8 Å². The largest absolute Gasteiger partial charge is 0.285 e. The zero-order chi connectivity index (χ0) is 12.3. The molecule has 0 aliphatic carbocycles. The molecular weight excluding hydrogens is 234 g/mol. The highest BCUT2D eigenvalue weighted by Crippen LogP contribution is 2.26. The smallest absolute Gasteiger partial charge is 0.278 e. The van der Waals surface area contributed by atoms with Crippen LogP contribution in [0.3, 0.4) is 0 Å². The van der Waals surface area contributed by atoms with Gasteiger partial charge in [0.2, 0.25) is 6.04 Å². The molecule has 88 valence electrons. The van der Waals surface area contributed by atoms with Gasteiger partial charge in [0.1, 0.15) is 0 Å². The van der Waals surface area contributed by atoms with Gasteiger partial charge in [0.05, 0.1) is 0 Å². The van der Waals surface area contributed by atoms with Crippen LogP contribution in [-0.2, 0) is 10.1 Å². The van der Waals surface area contributed by atoms with Crippen molar-refractivity contribution in [2.75, 3.05) is 0 Å². The normalized spacial score (nSPS) is 15.4. The monoisotopic (exact) mass is 245 g/mol. The molecule has 0 saturated heterocycles. The van der Waals surface area contributed by atoms with E-state index in [1.807, 2.05) is 0 Å². The highest BCUT2D eigenvalue weighted by molar-refractivity contribution is 7.86. The van der Waals surface area contributed by atoms with E-state index in [4.69, 9.17) is 4.55 Å². The third-order valence-electron chi connectivity index (χ3n) is 2.22. The molecule has 0 saturated carbocycles. The minimum absolute atomic E-state index is 0.203. The predicted molar refractivity (Wildman–Crippen MR) is 57.2 cm³/mol.